The summed E-state index contributed by atoms with van der Waals surface area (Å²) in [5.41, 5.74) is 9.57. The van der Waals surface area contributed by atoms with E-state index in [1.165, 1.54) is 17.5 Å². The van der Waals surface area contributed by atoms with Crippen molar-refractivity contribution in [3.8, 4) is 0 Å². The maximum atomic E-state index is 9.56. The average molecular weight is 232 g/mol. The van der Waals surface area contributed by atoms with Crippen LogP contribution in [0.3, 0.4) is 0 Å². The second-order valence-corrected chi connectivity index (χ2v) is 5.28. The number of aryl methyl sites for hydroxylation is 1. The number of nitrogens with zero attached hydrogens (tertiary/aromatic N) is 1. The van der Waals surface area contributed by atoms with Gasteiger partial charge >= 0.3 is 0 Å². The lowest BCUT2D eigenvalue weighted by Gasteiger charge is -2.34. The van der Waals surface area contributed by atoms with E-state index in [9.17, 15) is 5.11 Å². The Hall–Kier alpha value is -1.06. The minimum absolute atomic E-state index is 0.0847. The molecule has 92 valence electrons. The number of rotatable bonds is 1. The fourth-order valence-electron chi connectivity index (χ4n) is 3.19. The Bertz CT molecular complexity index is 411. The van der Waals surface area contributed by atoms with Crippen LogP contribution in [0.4, 0.5) is 5.69 Å². The zero-order chi connectivity index (χ0) is 11.8. The molecular formula is C14H20N2O. The van der Waals surface area contributed by atoms with Crippen molar-refractivity contribution in [3.63, 3.8) is 0 Å². The monoisotopic (exact) mass is 232 g/mol. The summed E-state index contributed by atoms with van der Waals surface area (Å²) in [4.78, 5) is 2.52. The Morgan fingerprint density at radius 1 is 1.18 bits per heavy atom. The molecular weight excluding hydrogens is 212 g/mol. The van der Waals surface area contributed by atoms with E-state index in [4.69, 9.17) is 5.73 Å². The number of benzene rings is 1. The van der Waals surface area contributed by atoms with E-state index in [1.54, 1.807) is 0 Å². The zero-order valence-electron chi connectivity index (χ0n) is 10.1. The van der Waals surface area contributed by atoms with Gasteiger partial charge in [-0.25, -0.2) is 0 Å². The SMILES string of the molecule is Nc1ccc2c(c1)CCC2N1CCC(O)CC1. The third-order valence-electron chi connectivity index (χ3n) is 4.15. The largest absolute Gasteiger partial charge is 0.399 e. The van der Waals surface area contributed by atoms with Crippen LogP contribution in [-0.4, -0.2) is 29.2 Å². The predicted molar refractivity (Wildman–Crippen MR) is 68.7 cm³/mol. The van der Waals surface area contributed by atoms with Gasteiger partial charge in [0, 0.05) is 24.8 Å². The minimum Gasteiger partial charge on any atom is -0.399 e. The fourth-order valence-corrected chi connectivity index (χ4v) is 3.19. The van der Waals surface area contributed by atoms with E-state index in [-0.39, 0.29) is 6.10 Å². The first-order valence-corrected chi connectivity index (χ1v) is 6.54. The smallest absolute Gasteiger partial charge is 0.0564 e. The van der Waals surface area contributed by atoms with Crippen molar-refractivity contribution in [1.29, 1.82) is 0 Å². The first kappa shape index (κ1) is 11.1. The van der Waals surface area contributed by atoms with Crippen molar-refractivity contribution in [1.82, 2.24) is 4.90 Å². The number of nitrogens with two attached hydrogens (primary N) is 1. The molecule has 1 aliphatic heterocycles. The van der Waals surface area contributed by atoms with Gasteiger partial charge in [0.1, 0.15) is 0 Å². The number of piperidine rings is 1. The molecule has 0 bridgehead atoms. The highest BCUT2D eigenvalue weighted by Gasteiger charge is 2.30. The normalized spacial score (nSPS) is 26.1. The molecule has 1 saturated heterocycles. The Morgan fingerprint density at radius 2 is 1.94 bits per heavy atom. The summed E-state index contributed by atoms with van der Waals surface area (Å²) in [6, 6.07) is 6.87. The fraction of sp³-hybridized carbons (Fsp3) is 0.571. The molecule has 3 heteroatoms. The lowest BCUT2D eigenvalue weighted by atomic mass is 10.0. The molecule has 1 fully saturated rings. The number of fused-ring (bicyclic) bond motifs is 1. The molecule has 2 aliphatic rings. The first-order chi connectivity index (χ1) is 8.24. The van der Waals surface area contributed by atoms with Gasteiger partial charge in [-0.15, -0.1) is 0 Å². The lowest BCUT2D eigenvalue weighted by molar-refractivity contribution is 0.0606. The topological polar surface area (TPSA) is 49.5 Å². The van der Waals surface area contributed by atoms with Gasteiger partial charge in [-0.1, -0.05) is 6.07 Å². The molecule has 3 N–H and O–H groups in total. The van der Waals surface area contributed by atoms with Crippen LogP contribution in [0.1, 0.15) is 36.4 Å². The number of aliphatic hydroxyl groups is 1. The van der Waals surface area contributed by atoms with Gasteiger partial charge in [-0.3, -0.25) is 4.90 Å². The molecule has 1 aliphatic carbocycles. The highest BCUT2D eigenvalue weighted by molar-refractivity contribution is 5.47. The van der Waals surface area contributed by atoms with Crippen molar-refractivity contribution in [3.05, 3.63) is 29.3 Å². The summed E-state index contributed by atoms with van der Waals surface area (Å²) < 4.78 is 0. The first-order valence-electron chi connectivity index (χ1n) is 6.54. The zero-order valence-corrected chi connectivity index (χ0v) is 10.1. The molecule has 1 unspecified atom stereocenters. The minimum atomic E-state index is -0.0847. The molecule has 0 aromatic heterocycles. The van der Waals surface area contributed by atoms with Crippen LogP contribution in [-0.2, 0) is 6.42 Å². The Balaban J connectivity index is 1.79. The van der Waals surface area contributed by atoms with Gasteiger partial charge in [0.15, 0.2) is 0 Å². The predicted octanol–water partition coefficient (Wildman–Crippen LogP) is 1.71. The van der Waals surface area contributed by atoms with E-state index in [0.29, 0.717) is 6.04 Å². The van der Waals surface area contributed by atoms with Crippen molar-refractivity contribution in [2.75, 3.05) is 18.8 Å². The van der Waals surface area contributed by atoms with Crippen LogP contribution in [0, 0.1) is 0 Å². The molecule has 1 aromatic carbocycles. The summed E-state index contributed by atoms with van der Waals surface area (Å²) in [6.07, 6.45) is 4.10. The second-order valence-electron chi connectivity index (χ2n) is 5.28. The number of aliphatic hydroxyl groups excluding tert-OH is 1. The van der Waals surface area contributed by atoms with Gasteiger partial charge in [0.25, 0.3) is 0 Å². The number of anilines is 1. The number of hydrogen-bond donors (Lipinski definition) is 2. The van der Waals surface area contributed by atoms with E-state index in [2.05, 4.69) is 17.0 Å². The van der Waals surface area contributed by atoms with E-state index < -0.39 is 0 Å². The van der Waals surface area contributed by atoms with E-state index in [0.717, 1.165) is 38.0 Å². The molecule has 1 heterocycles. The van der Waals surface area contributed by atoms with Crippen molar-refractivity contribution in [2.45, 2.75) is 37.8 Å². The molecule has 3 nitrogen and oxygen atoms in total. The third kappa shape index (κ3) is 2.05. The quantitative estimate of drug-likeness (QED) is 0.725. The highest BCUT2D eigenvalue weighted by Crippen LogP contribution is 2.37. The average Bonchev–Trinajstić information content (AvgIpc) is 2.73. The van der Waals surface area contributed by atoms with E-state index in [1.807, 2.05) is 6.07 Å². The summed E-state index contributed by atoms with van der Waals surface area (Å²) in [5.74, 6) is 0. The van der Waals surface area contributed by atoms with Gasteiger partial charge in [-0.2, -0.15) is 0 Å². The standard InChI is InChI=1S/C14H20N2O/c15-11-2-3-13-10(9-11)1-4-14(13)16-7-5-12(17)6-8-16/h2-3,9,12,14,17H,1,4-8,15H2. The van der Waals surface area contributed by atoms with Crippen LogP contribution >= 0.6 is 0 Å². The highest BCUT2D eigenvalue weighted by atomic mass is 16.3. The summed E-state index contributed by atoms with van der Waals surface area (Å²) >= 11 is 0. The van der Waals surface area contributed by atoms with Crippen molar-refractivity contribution in [2.24, 2.45) is 0 Å². The number of likely N-dealkylation sites (tertiary alicyclic amines) is 1. The van der Waals surface area contributed by atoms with Crippen LogP contribution in [0.15, 0.2) is 18.2 Å². The van der Waals surface area contributed by atoms with Crippen LogP contribution < -0.4 is 5.73 Å². The van der Waals surface area contributed by atoms with Gasteiger partial charge < -0.3 is 10.8 Å². The molecule has 1 atom stereocenters. The molecule has 0 amide bonds. The van der Waals surface area contributed by atoms with Crippen molar-refractivity contribution < 1.29 is 5.11 Å². The molecule has 0 spiro atoms. The molecule has 0 radical (unpaired) electrons. The second kappa shape index (κ2) is 4.31. The van der Waals surface area contributed by atoms with Crippen LogP contribution in [0.2, 0.25) is 0 Å². The van der Waals surface area contributed by atoms with Gasteiger partial charge in [-0.05, 0) is 48.9 Å². The molecule has 0 saturated carbocycles. The maximum absolute atomic E-state index is 9.56. The Labute approximate surface area is 102 Å². The van der Waals surface area contributed by atoms with E-state index >= 15 is 0 Å². The molecule has 3 rings (SSSR count). The van der Waals surface area contributed by atoms with Crippen LogP contribution in [0.25, 0.3) is 0 Å². The Kier molecular flexibility index (Phi) is 2.81. The molecule has 17 heavy (non-hydrogen) atoms. The Morgan fingerprint density at radius 3 is 2.71 bits per heavy atom. The summed E-state index contributed by atoms with van der Waals surface area (Å²) in [7, 11) is 0. The summed E-state index contributed by atoms with van der Waals surface area (Å²) in [6.45, 7) is 2.05. The summed E-state index contributed by atoms with van der Waals surface area (Å²) in [5, 5.41) is 9.56. The molecule has 1 aromatic rings. The lowest BCUT2D eigenvalue weighted by Crippen LogP contribution is -2.37. The van der Waals surface area contributed by atoms with Crippen molar-refractivity contribution >= 4 is 5.69 Å². The number of hydrogen-bond acceptors (Lipinski definition) is 3. The van der Waals surface area contributed by atoms with Gasteiger partial charge in [0.2, 0.25) is 0 Å². The third-order valence-corrected chi connectivity index (χ3v) is 4.15. The maximum Gasteiger partial charge on any atom is 0.0564 e. The van der Waals surface area contributed by atoms with Crippen LogP contribution in [0.5, 0.6) is 0 Å². The van der Waals surface area contributed by atoms with Gasteiger partial charge in [0.05, 0.1) is 6.10 Å². The number of nitrogen functional groups attached to an aromatic ring is 1.